The number of hydrogen-bond donors (Lipinski definition) is 0. The van der Waals surface area contributed by atoms with Crippen molar-refractivity contribution in [3.8, 4) is 0 Å². The molecule has 0 spiro atoms. The highest BCUT2D eigenvalue weighted by atomic mass is 32.2. The predicted octanol–water partition coefficient (Wildman–Crippen LogP) is 2.25. The summed E-state index contributed by atoms with van der Waals surface area (Å²) < 4.78 is 23.0. The first-order chi connectivity index (χ1) is 9.89. The van der Waals surface area contributed by atoms with Crippen molar-refractivity contribution in [2.45, 2.75) is 39.3 Å². The van der Waals surface area contributed by atoms with Crippen molar-refractivity contribution in [1.29, 1.82) is 0 Å². The number of benzene rings is 1. The van der Waals surface area contributed by atoms with E-state index in [-0.39, 0.29) is 29.4 Å². The van der Waals surface area contributed by atoms with Gasteiger partial charge in [-0.3, -0.25) is 4.79 Å². The molecule has 0 bridgehead atoms. The fraction of sp³-hybridized carbons (Fsp3) is 0.562. The Kier molecular flexibility index (Phi) is 5.04. The molecule has 1 heterocycles. The second kappa shape index (κ2) is 6.60. The summed E-state index contributed by atoms with van der Waals surface area (Å²) in [6.45, 7) is 4.58. The van der Waals surface area contributed by atoms with E-state index in [0.29, 0.717) is 19.4 Å². The third-order valence-electron chi connectivity index (χ3n) is 4.01. The summed E-state index contributed by atoms with van der Waals surface area (Å²) in [5.74, 6) is 0.213. The van der Waals surface area contributed by atoms with E-state index in [1.807, 2.05) is 49.1 Å². The van der Waals surface area contributed by atoms with E-state index in [2.05, 4.69) is 0 Å². The second-order valence-electron chi connectivity index (χ2n) is 5.97. The Labute approximate surface area is 127 Å². The maximum Gasteiger partial charge on any atom is 0.226 e. The minimum Gasteiger partial charge on any atom is -0.336 e. The van der Waals surface area contributed by atoms with Gasteiger partial charge in [-0.25, -0.2) is 8.42 Å². The van der Waals surface area contributed by atoms with Crippen LogP contribution in [0.4, 0.5) is 0 Å². The van der Waals surface area contributed by atoms with Gasteiger partial charge in [0.15, 0.2) is 0 Å². The maximum absolute atomic E-state index is 12.7. The van der Waals surface area contributed by atoms with Gasteiger partial charge in [0.1, 0.15) is 9.84 Å². The van der Waals surface area contributed by atoms with Crippen molar-refractivity contribution in [1.82, 2.24) is 4.90 Å². The molecule has 0 radical (unpaired) electrons. The molecular weight excluding hydrogens is 286 g/mol. The van der Waals surface area contributed by atoms with Crippen LogP contribution in [0.2, 0.25) is 0 Å². The minimum atomic E-state index is -2.92. The fourth-order valence-corrected chi connectivity index (χ4v) is 4.16. The van der Waals surface area contributed by atoms with Crippen molar-refractivity contribution in [2.75, 3.05) is 11.5 Å². The molecule has 21 heavy (non-hydrogen) atoms. The van der Waals surface area contributed by atoms with Crippen LogP contribution in [0.5, 0.6) is 0 Å². The standard InChI is InChI=1S/C16H23NO3S/c1-13(2)17(12-14-6-4-3-5-7-14)16(18)15-8-10-21(19,20)11-9-15/h3-7,13,15H,8-12H2,1-2H3. The number of hydrogen-bond acceptors (Lipinski definition) is 3. The zero-order valence-corrected chi connectivity index (χ0v) is 13.5. The Morgan fingerprint density at radius 1 is 1.19 bits per heavy atom. The van der Waals surface area contributed by atoms with Crippen molar-refractivity contribution in [3.05, 3.63) is 35.9 Å². The highest BCUT2D eigenvalue weighted by Gasteiger charge is 2.32. The van der Waals surface area contributed by atoms with Crippen LogP contribution in [0.15, 0.2) is 30.3 Å². The first-order valence-corrected chi connectivity index (χ1v) is 9.26. The van der Waals surface area contributed by atoms with E-state index in [4.69, 9.17) is 0 Å². The van der Waals surface area contributed by atoms with E-state index < -0.39 is 9.84 Å². The molecule has 4 nitrogen and oxygen atoms in total. The summed E-state index contributed by atoms with van der Waals surface area (Å²) in [4.78, 5) is 14.5. The van der Waals surface area contributed by atoms with Gasteiger partial charge in [-0.05, 0) is 32.3 Å². The Morgan fingerprint density at radius 3 is 2.29 bits per heavy atom. The number of amides is 1. The van der Waals surface area contributed by atoms with Crippen LogP contribution in [0.1, 0.15) is 32.3 Å². The van der Waals surface area contributed by atoms with Crippen LogP contribution in [0.25, 0.3) is 0 Å². The van der Waals surface area contributed by atoms with Crippen LogP contribution < -0.4 is 0 Å². The molecule has 0 saturated carbocycles. The zero-order valence-electron chi connectivity index (χ0n) is 12.7. The summed E-state index contributed by atoms with van der Waals surface area (Å²) in [6.07, 6.45) is 0.915. The van der Waals surface area contributed by atoms with Gasteiger partial charge in [0, 0.05) is 18.5 Å². The van der Waals surface area contributed by atoms with Crippen LogP contribution in [0.3, 0.4) is 0 Å². The van der Waals surface area contributed by atoms with Crippen LogP contribution in [0, 0.1) is 5.92 Å². The van der Waals surface area contributed by atoms with E-state index in [0.717, 1.165) is 5.56 Å². The fourth-order valence-electron chi connectivity index (χ4n) is 2.67. The smallest absolute Gasteiger partial charge is 0.226 e. The monoisotopic (exact) mass is 309 g/mol. The predicted molar refractivity (Wildman–Crippen MR) is 83.5 cm³/mol. The number of sulfone groups is 1. The first kappa shape index (κ1) is 16.0. The van der Waals surface area contributed by atoms with Gasteiger partial charge in [0.25, 0.3) is 0 Å². The maximum atomic E-state index is 12.7. The van der Waals surface area contributed by atoms with Gasteiger partial charge >= 0.3 is 0 Å². The number of rotatable bonds is 4. The molecule has 0 unspecified atom stereocenters. The van der Waals surface area contributed by atoms with Gasteiger partial charge in [-0.2, -0.15) is 0 Å². The minimum absolute atomic E-state index is 0.0868. The molecule has 1 aliphatic rings. The van der Waals surface area contributed by atoms with E-state index >= 15 is 0 Å². The molecule has 1 fully saturated rings. The van der Waals surface area contributed by atoms with Gasteiger partial charge in [-0.15, -0.1) is 0 Å². The average molecular weight is 309 g/mol. The SMILES string of the molecule is CC(C)N(Cc1ccccc1)C(=O)C1CCS(=O)(=O)CC1. The second-order valence-corrected chi connectivity index (χ2v) is 8.28. The largest absolute Gasteiger partial charge is 0.336 e. The lowest BCUT2D eigenvalue weighted by Gasteiger charge is -2.32. The number of carbonyl (C=O) groups is 1. The lowest BCUT2D eigenvalue weighted by molar-refractivity contribution is -0.138. The van der Waals surface area contributed by atoms with Gasteiger partial charge < -0.3 is 4.90 Å². The molecule has 0 atom stereocenters. The molecule has 1 aromatic carbocycles. The third kappa shape index (κ3) is 4.30. The van der Waals surface area contributed by atoms with Crippen LogP contribution in [-0.4, -0.2) is 36.8 Å². The number of carbonyl (C=O) groups excluding carboxylic acids is 1. The zero-order chi connectivity index (χ0) is 15.5. The topological polar surface area (TPSA) is 54.5 Å². The van der Waals surface area contributed by atoms with Gasteiger partial charge in [-0.1, -0.05) is 30.3 Å². The van der Waals surface area contributed by atoms with Crippen molar-refractivity contribution in [3.63, 3.8) is 0 Å². The Hall–Kier alpha value is -1.36. The Balaban J connectivity index is 2.06. The van der Waals surface area contributed by atoms with Crippen molar-refractivity contribution < 1.29 is 13.2 Å². The molecule has 1 aromatic rings. The average Bonchev–Trinajstić information content (AvgIpc) is 2.45. The lowest BCUT2D eigenvalue weighted by atomic mass is 10.00. The molecule has 0 N–H and O–H groups in total. The molecule has 0 aliphatic carbocycles. The normalized spacial score (nSPS) is 18.6. The molecule has 116 valence electrons. The highest BCUT2D eigenvalue weighted by Crippen LogP contribution is 2.23. The van der Waals surface area contributed by atoms with E-state index in [1.54, 1.807) is 0 Å². The van der Waals surface area contributed by atoms with Crippen LogP contribution >= 0.6 is 0 Å². The molecular formula is C16H23NO3S. The first-order valence-electron chi connectivity index (χ1n) is 7.44. The Bertz CT molecular complexity index is 567. The summed E-state index contributed by atoms with van der Waals surface area (Å²) in [5, 5.41) is 0. The third-order valence-corrected chi connectivity index (χ3v) is 5.72. The molecule has 2 rings (SSSR count). The molecule has 0 aromatic heterocycles. The van der Waals surface area contributed by atoms with Gasteiger partial charge in [0.05, 0.1) is 11.5 Å². The summed E-state index contributed by atoms with van der Waals surface area (Å²) in [6, 6.07) is 10.0. The number of nitrogens with zero attached hydrogens (tertiary/aromatic N) is 1. The molecule has 1 saturated heterocycles. The summed E-state index contributed by atoms with van der Waals surface area (Å²) in [7, 11) is -2.92. The highest BCUT2D eigenvalue weighted by molar-refractivity contribution is 7.91. The van der Waals surface area contributed by atoms with Crippen molar-refractivity contribution >= 4 is 15.7 Å². The lowest BCUT2D eigenvalue weighted by Crippen LogP contribution is -2.42. The molecule has 1 aliphatic heterocycles. The van der Waals surface area contributed by atoms with E-state index in [1.165, 1.54) is 0 Å². The summed E-state index contributed by atoms with van der Waals surface area (Å²) >= 11 is 0. The van der Waals surface area contributed by atoms with Crippen molar-refractivity contribution in [2.24, 2.45) is 5.92 Å². The van der Waals surface area contributed by atoms with Crippen LogP contribution in [-0.2, 0) is 21.2 Å². The van der Waals surface area contributed by atoms with Gasteiger partial charge in [0.2, 0.25) is 5.91 Å². The Morgan fingerprint density at radius 2 is 1.76 bits per heavy atom. The molecule has 1 amide bonds. The molecule has 5 heteroatoms. The summed E-state index contributed by atoms with van der Waals surface area (Å²) in [5.41, 5.74) is 1.10. The van der Waals surface area contributed by atoms with E-state index in [9.17, 15) is 13.2 Å². The quantitative estimate of drug-likeness (QED) is 0.857.